The highest BCUT2D eigenvalue weighted by molar-refractivity contribution is 5.96. The van der Waals surface area contributed by atoms with Crippen LogP contribution in [0.1, 0.15) is 64.7 Å². The number of aliphatic hydroxyl groups excluding tert-OH is 3. The molecule has 10 atom stereocenters. The summed E-state index contributed by atoms with van der Waals surface area (Å²) in [7, 11) is 0. The van der Waals surface area contributed by atoms with E-state index in [0.717, 1.165) is 0 Å². The number of ether oxygens (including phenoxy) is 3. The number of aliphatic hydroxyl groups is 3. The van der Waals surface area contributed by atoms with Crippen molar-refractivity contribution in [2.45, 2.75) is 90.5 Å². The fourth-order valence-electron chi connectivity index (χ4n) is 8.39. The van der Waals surface area contributed by atoms with Gasteiger partial charge in [0.05, 0.1) is 36.4 Å². The van der Waals surface area contributed by atoms with Crippen LogP contribution in [0.15, 0.2) is 41.5 Å². The first kappa shape index (κ1) is 28.9. The van der Waals surface area contributed by atoms with Crippen LogP contribution in [-0.4, -0.2) is 75.8 Å². The molecule has 2 saturated carbocycles. The van der Waals surface area contributed by atoms with Crippen LogP contribution in [0.2, 0.25) is 0 Å². The lowest BCUT2D eigenvalue weighted by Crippen LogP contribution is -2.79. The van der Waals surface area contributed by atoms with Crippen LogP contribution >= 0.6 is 0 Å². The first-order valence-corrected chi connectivity index (χ1v) is 14.0. The van der Waals surface area contributed by atoms with Crippen molar-refractivity contribution < 1.29 is 43.9 Å². The Bertz CT molecular complexity index is 1240. The summed E-state index contributed by atoms with van der Waals surface area (Å²) in [5.41, 5.74) is -2.56. The number of carbonyl (C=O) groups excluding carboxylic acids is 3. The number of esters is 2. The molecule has 3 fully saturated rings. The van der Waals surface area contributed by atoms with Gasteiger partial charge in [-0.2, -0.15) is 0 Å². The molecular weight excluding hydrogens is 516 g/mol. The van der Waals surface area contributed by atoms with Crippen LogP contribution in [0.3, 0.4) is 0 Å². The smallest absolute Gasteiger partial charge is 0.338 e. The highest BCUT2D eigenvalue weighted by Gasteiger charge is 2.74. The molecule has 9 nitrogen and oxygen atoms in total. The van der Waals surface area contributed by atoms with Gasteiger partial charge in [0.15, 0.2) is 11.4 Å². The molecule has 3 N–H and O–H groups in total. The summed E-state index contributed by atoms with van der Waals surface area (Å²) in [5.74, 6) is -3.53. The fourth-order valence-corrected chi connectivity index (χ4v) is 8.39. The molecule has 1 aliphatic heterocycles. The van der Waals surface area contributed by atoms with Gasteiger partial charge in [-0.05, 0) is 36.5 Å². The quantitative estimate of drug-likeness (QED) is 0.478. The van der Waals surface area contributed by atoms with Crippen molar-refractivity contribution in [2.75, 3.05) is 6.61 Å². The molecule has 0 radical (unpaired) electrons. The van der Waals surface area contributed by atoms with Gasteiger partial charge >= 0.3 is 11.9 Å². The Kier molecular flexibility index (Phi) is 7.05. The zero-order valence-corrected chi connectivity index (χ0v) is 23.9. The van der Waals surface area contributed by atoms with Crippen LogP contribution in [0.5, 0.6) is 0 Å². The molecule has 0 aromatic heterocycles. The minimum absolute atomic E-state index is 0.0194. The Morgan fingerprint density at radius 1 is 1.00 bits per heavy atom. The molecule has 5 rings (SSSR count). The van der Waals surface area contributed by atoms with Crippen LogP contribution < -0.4 is 0 Å². The summed E-state index contributed by atoms with van der Waals surface area (Å²) in [6.45, 7) is 10.0. The Labute approximate surface area is 234 Å². The Morgan fingerprint density at radius 2 is 1.65 bits per heavy atom. The highest BCUT2D eigenvalue weighted by atomic mass is 16.6. The molecule has 3 aliphatic carbocycles. The molecule has 9 heteroatoms. The number of ketones is 1. The predicted molar refractivity (Wildman–Crippen MR) is 143 cm³/mol. The molecule has 0 amide bonds. The van der Waals surface area contributed by atoms with Crippen LogP contribution in [0.25, 0.3) is 0 Å². The number of benzene rings is 1. The summed E-state index contributed by atoms with van der Waals surface area (Å²) >= 11 is 0. The average molecular weight is 557 g/mol. The zero-order chi connectivity index (χ0) is 29.4. The van der Waals surface area contributed by atoms with Gasteiger partial charge in [0.25, 0.3) is 0 Å². The third-order valence-corrected chi connectivity index (χ3v) is 10.4. The minimum Gasteiger partial charge on any atom is -0.458 e. The first-order valence-electron chi connectivity index (χ1n) is 14.0. The van der Waals surface area contributed by atoms with Crippen LogP contribution in [0.4, 0.5) is 0 Å². The minimum atomic E-state index is -1.50. The van der Waals surface area contributed by atoms with Crippen LogP contribution in [0, 0.1) is 28.6 Å². The second-order valence-corrected chi connectivity index (χ2v) is 12.9. The van der Waals surface area contributed by atoms with E-state index in [9.17, 15) is 29.7 Å². The summed E-state index contributed by atoms with van der Waals surface area (Å²) < 4.78 is 18.2. The van der Waals surface area contributed by atoms with E-state index in [1.165, 1.54) is 13.8 Å². The van der Waals surface area contributed by atoms with Crippen LogP contribution in [-0.2, 0) is 23.8 Å². The average Bonchev–Trinajstić information content (AvgIpc) is 2.88. The molecule has 40 heavy (non-hydrogen) atoms. The van der Waals surface area contributed by atoms with E-state index in [1.807, 2.05) is 20.8 Å². The normalized spacial score (nSPS) is 41.8. The maximum atomic E-state index is 13.7. The second-order valence-electron chi connectivity index (χ2n) is 12.9. The fraction of sp³-hybridized carbons (Fsp3) is 0.645. The van der Waals surface area contributed by atoms with Crippen molar-refractivity contribution in [1.29, 1.82) is 0 Å². The zero-order valence-electron chi connectivity index (χ0n) is 23.9. The van der Waals surface area contributed by atoms with Crippen molar-refractivity contribution in [1.82, 2.24) is 0 Å². The number of hydrogen-bond donors (Lipinski definition) is 3. The van der Waals surface area contributed by atoms with Gasteiger partial charge < -0.3 is 29.5 Å². The van der Waals surface area contributed by atoms with Crippen molar-refractivity contribution in [3.05, 3.63) is 47.0 Å². The number of carbonyl (C=O) groups is 3. The second kappa shape index (κ2) is 9.76. The number of Topliss-reactive ketones (excluding diaryl/α,β-unsaturated/α-hetero) is 1. The van der Waals surface area contributed by atoms with Gasteiger partial charge in [0.1, 0.15) is 12.2 Å². The molecule has 1 aromatic carbocycles. The van der Waals surface area contributed by atoms with Crippen molar-refractivity contribution in [2.24, 2.45) is 28.6 Å². The lowest BCUT2D eigenvalue weighted by Gasteiger charge is -2.67. The summed E-state index contributed by atoms with van der Waals surface area (Å²) in [4.78, 5) is 39.5. The molecule has 4 aliphatic rings. The Balaban J connectivity index is 1.81. The van der Waals surface area contributed by atoms with E-state index >= 15 is 0 Å². The number of fused-ring (bicyclic) bond motifs is 5. The van der Waals surface area contributed by atoms with Crippen molar-refractivity contribution >= 4 is 17.7 Å². The third kappa shape index (κ3) is 4.00. The maximum absolute atomic E-state index is 13.7. The molecule has 1 aromatic rings. The lowest BCUT2D eigenvalue weighted by atomic mass is 9.45. The van der Waals surface area contributed by atoms with Gasteiger partial charge in [-0.1, -0.05) is 45.9 Å². The largest absolute Gasteiger partial charge is 0.458 e. The Hall–Kier alpha value is -2.59. The van der Waals surface area contributed by atoms with E-state index in [-0.39, 0.29) is 30.8 Å². The molecular formula is C31H40O9. The lowest BCUT2D eigenvalue weighted by molar-refractivity contribution is -0.348. The maximum Gasteiger partial charge on any atom is 0.338 e. The van der Waals surface area contributed by atoms with Gasteiger partial charge in [-0.15, -0.1) is 0 Å². The number of rotatable bonds is 4. The summed E-state index contributed by atoms with van der Waals surface area (Å²) in [6, 6.07) is 8.49. The van der Waals surface area contributed by atoms with E-state index in [0.29, 0.717) is 11.1 Å². The molecule has 0 spiro atoms. The van der Waals surface area contributed by atoms with E-state index < -0.39 is 76.6 Å². The van der Waals surface area contributed by atoms with E-state index in [4.69, 9.17) is 14.2 Å². The van der Waals surface area contributed by atoms with Crippen molar-refractivity contribution in [3.63, 3.8) is 0 Å². The topological polar surface area (TPSA) is 140 Å². The first-order chi connectivity index (χ1) is 18.7. The molecule has 2 bridgehead atoms. The van der Waals surface area contributed by atoms with Gasteiger partial charge in [0, 0.05) is 36.2 Å². The van der Waals surface area contributed by atoms with Crippen molar-refractivity contribution in [3.8, 4) is 0 Å². The van der Waals surface area contributed by atoms with E-state index in [2.05, 4.69) is 0 Å². The van der Waals surface area contributed by atoms with Gasteiger partial charge in [-0.3, -0.25) is 9.59 Å². The SMILES string of the molecule is CC(=O)O[C@@]12CO[C@@H]1C[C@H](O)[C@]1(C)C2[C@H](OC(=O)c2ccccc2)C2C[C@H](O)C(C)C(=C(C(C)=O)[C@H]1O)C2(C)C. The number of hydrogen-bond acceptors (Lipinski definition) is 9. The third-order valence-electron chi connectivity index (χ3n) is 10.4. The van der Waals surface area contributed by atoms with Gasteiger partial charge in [0.2, 0.25) is 0 Å². The van der Waals surface area contributed by atoms with E-state index in [1.54, 1.807) is 37.3 Å². The predicted octanol–water partition coefficient (Wildman–Crippen LogP) is 2.60. The summed E-state index contributed by atoms with van der Waals surface area (Å²) in [6.07, 6.45) is -5.00. The molecule has 1 saturated heterocycles. The highest BCUT2D eigenvalue weighted by Crippen LogP contribution is 2.64. The molecule has 3 unspecified atom stereocenters. The standard InChI is InChI=1S/C31H40O9/c1-15-20(34)12-19-25(39-28(37)18-10-8-7-9-11-18)26-30(6,27(36)23(16(2)32)24(15)29(19,4)5)21(35)13-22-31(26,14-38-22)40-17(3)33/h7-11,15,19-22,25-27,34-36H,12-14H2,1-6H3/t15?,19?,20-,21-,22+,25+,26?,27+,30+,31-/m0/s1. The summed E-state index contributed by atoms with van der Waals surface area (Å²) in [5, 5.41) is 35.2. The molecule has 218 valence electrons. The van der Waals surface area contributed by atoms with Gasteiger partial charge in [-0.25, -0.2) is 4.79 Å². The monoisotopic (exact) mass is 556 g/mol. The molecule has 1 heterocycles. The Morgan fingerprint density at radius 3 is 2.20 bits per heavy atom.